The second kappa shape index (κ2) is 12.0. The molecule has 0 aliphatic carbocycles. The van der Waals surface area contributed by atoms with Crippen LogP contribution in [0.15, 0.2) is 40.9 Å². The Balaban J connectivity index is 0.00000320. The average molecular weight is 584 g/mol. The standard InChI is InChI=1S/C25H24Cl2N4O4S.ClH/c1-15-20(21(29-35-15)16-5-3-4-6-17(16)26)24(32)31(10-9-30-11-13-34-14-12-30)25-28-22-19(33-2)8-7-18(27)23(22)36-25;/h3-8H,9-14H2,1-2H3;1H. The predicted octanol–water partition coefficient (Wildman–Crippen LogP) is 5.98. The minimum Gasteiger partial charge on any atom is -0.494 e. The summed E-state index contributed by atoms with van der Waals surface area (Å²) in [5.74, 6) is 0.726. The van der Waals surface area contributed by atoms with Crippen LogP contribution in [-0.4, -0.2) is 67.5 Å². The van der Waals surface area contributed by atoms with Crippen molar-refractivity contribution in [2.45, 2.75) is 6.92 Å². The minimum atomic E-state index is -0.272. The van der Waals surface area contributed by atoms with E-state index < -0.39 is 0 Å². The highest BCUT2D eigenvalue weighted by Crippen LogP contribution is 2.40. The van der Waals surface area contributed by atoms with Crippen molar-refractivity contribution < 1.29 is 18.8 Å². The quantitative estimate of drug-likeness (QED) is 0.265. The fourth-order valence-electron chi connectivity index (χ4n) is 4.17. The number of hydrogen-bond acceptors (Lipinski definition) is 8. The third-order valence-electron chi connectivity index (χ3n) is 6.09. The van der Waals surface area contributed by atoms with Crippen molar-refractivity contribution in [2.24, 2.45) is 0 Å². The monoisotopic (exact) mass is 582 g/mol. The van der Waals surface area contributed by atoms with Crippen molar-refractivity contribution in [1.29, 1.82) is 0 Å². The normalized spacial score (nSPS) is 13.9. The zero-order valence-corrected chi connectivity index (χ0v) is 23.3. The van der Waals surface area contributed by atoms with Gasteiger partial charge in [0, 0.05) is 31.7 Å². The summed E-state index contributed by atoms with van der Waals surface area (Å²) in [6.45, 7) is 5.73. The first kappa shape index (κ1) is 27.6. The lowest BCUT2D eigenvalue weighted by atomic mass is 10.1. The fraction of sp³-hybridized carbons (Fsp3) is 0.320. The molecule has 3 heterocycles. The van der Waals surface area contributed by atoms with Crippen LogP contribution < -0.4 is 9.64 Å². The molecule has 0 atom stereocenters. The van der Waals surface area contributed by atoms with E-state index in [-0.39, 0.29) is 18.3 Å². The Hall–Kier alpha value is -2.40. The number of thiazole rings is 1. The molecular formula is C25H25Cl3N4O4S. The molecule has 8 nitrogen and oxygen atoms in total. The summed E-state index contributed by atoms with van der Waals surface area (Å²) in [6, 6.07) is 10.8. The van der Waals surface area contributed by atoms with E-state index in [1.54, 1.807) is 37.1 Å². The fourth-order valence-corrected chi connectivity index (χ4v) is 5.67. The highest BCUT2D eigenvalue weighted by molar-refractivity contribution is 7.23. The average Bonchev–Trinajstić information content (AvgIpc) is 3.50. The molecule has 0 radical (unpaired) electrons. The van der Waals surface area contributed by atoms with E-state index in [1.807, 2.05) is 18.2 Å². The highest BCUT2D eigenvalue weighted by atomic mass is 35.5. The predicted molar refractivity (Wildman–Crippen MR) is 149 cm³/mol. The van der Waals surface area contributed by atoms with Gasteiger partial charge in [-0.2, -0.15) is 0 Å². The number of carbonyl (C=O) groups is 1. The maximum absolute atomic E-state index is 14.2. The number of carbonyl (C=O) groups excluding carboxylic acids is 1. The number of anilines is 1. The topological polar surface area (TPSA) is 80.9 Å². The van der Waals surface area contributed by atoms with Crippen molar-refractivity contribution >= 4 is 68.2 Å². The Kier molecular flexibility index (Phi) is 8.94. The van der Waals surface area contributed by atoms with Crippen LogP contribution >= 0.6 is 46.9 Å². The number of benzene rings is 2. The smallest absolute Gasteiger partial charge is 0.266 e. The minimum absolute atomic E-state index is 0. The van der Waals surface area contributed by atoms with Gasteiger partial charge in [0.05, 0.1) is 35.1 Å². The first-order valence-corrected chi connectivity index (χ1v) is 13.0. The van der Waals surface area contributed by atoms with Crippen LogP contribution in [0, 0.1) is 6.92 Å². The lowest BCUT2D eigenvalue weighted by Crippen LogP contribution is -2.43. The number of aromatic nitrogens is 2. The number of ether oxygens (including phenoxy) is 2. The third-order valence-corrected chi connectivity index (χ3v) is 7.96. The molecule has 196 valence electrons. The number of morpholine rings is 1. The molecule has 2 aromatic heterocycles. The molecule has 4 aromatic rings. The molecule has 0 unspecified atom stereocenters. The third kappa shape index (κ3) is 5.57. The van der Waals surface area contributed by atoms with Crippen LogP contribution in [-0.2, 0) is 4.74 Å². The molecule has 0 spiro atoms. The van der Waals surface area contributed by atoms with E-state index in [0.29, 0.717) is 75.3 Å². The number of methoxy groups -OCH3 is 1. The van der Waals surface area contributed by atoms with Crippen molar-refractivity contribution in [3.05, 3.63) is 57.8 Å². The van der Waals surface area contributed by atoms with Gasteiger partial charge in [0.25, 0.3) is 5.91 Å². The van der Waals surface area contributed by atoms with E-state index in [9.17, 15) is 4.79 Å². The molecule has 1 fully saturated rings. The van der Waals surface area contributed by atoms with E-state index in [0.717, 1.165) is 17.8 Å². The zero-order valence-electron chi connectivity index (χ0n) is 20.2. The van der Waals surface area contributed by atoms with Crippen LogP contribution in [0.1, 0.15) is 16.1 Å². The molecule has 2 aromatic carbocycles. The van der Waals surface area contributed by atoms with Gasteiger partial charge in [-0.05, 0) is 25.1 Å². The van der Waals surface area contributed by atoms with Crippen molar-refractivity contribution in [2.75, 3.05) is 51.4 Å². The van der Waals surface area contributed by atoms with E-state index in [4.69, 9.17) is 42.2 Å². The number of halogens is 3. The van der Waals surface area contributed by atoms with Gasteiger partial charge in [-0.25, -0.2) is 4.98 Å². The molecular weight excluding hydrogens is 559 g/mol. The summed E-state index contributed by atoms with van der Waals surface area (Å²) in [5, 5.41) is 5.73. The van der Waals surface area contributed by atoms with Crippen LogP contribution in [0.4, 0.5) is 5.13 Å². The Bertz CT molecular complexity index is 1400. The van der Waals surface area contributed by atoms with Gasteiger partial charge in [-0.3, -0.25) is 14.6 Å². The van der Waals surface area contributed by atoms with E-state index in [1.165, 1.54) is 11.3 Å². The molecule has 1 aliphatic rings. The largest absolute Gasteiger partial charge is 0.494 e. The number of amides is 1. The Morgan fingerprint density at radius 2 is 1.92 bits per heavy atom. The van der Waals surface area contributed by atoms with Gasteiger partial charge in [0.2, 0.25) is 0 Å². The molecule has 1 saturated heterocycles. The molecule has 12 heteroatoms. The van der Waals surface area contributed by atoms with Crippen molar-refractivity contribution in [3.8, 4) is 17.0 Å². The highest BCUT2D eigenvalue weighted by Gasteiger charge is 2.30. The molecule has 1 amide bonds. The van der Waals surface area contributed by atoms with Gasteiger partial charge < -0.3 is 14.0 Å². The first-order chi connectivity index (χ1) is 17.5. The summed E-state index contributed by atoms with van der Waals surface area (Å²) in [6.07, 6.45) is 0. The van der Waals surface area contributed by atoms with Crippen LogP contribution in [0.2, 0.25) is 10.0 Å². The lowest BCUT2D eigenvalue weighted by molar-refractivity contribution is 0.0391. The van der Waals surface area contributed by atoms with Crippen molar-refractivity contribution in [3.63, 3.8) is 0 Å². The van der Waals surface area contributed by atoms with Crippen molar-refractivity contribution in [1.82, 2.24) is 15.0 Å². The van der Waals surface area contributed by atoms with Crippen LogP contribution in [0.5, 0.6) is 5.75 Å². The van der Waals surface area contributed by atoms with Gasteiger partial charge >= 0.3 is 0 Å². The number of hydrogen-bond donors (Lipinski definition) is 0. The summed E-state index contributed by atoms with van der Waals surface area (Å²) in [4.78, 5) is 22.9. The molecule has 5 rings (SSSR count). The molecule has 1 aliphatic heterocycles. The van der Waals surface area contributed by atoms with Crippen LogP contribution in [0.3, 0.4) is 0 Å². The number of aryl methyl sites for hydroxylation is 1. The number of nitrogens with zero attached hydrogens (tertiary/aromatic N) is 4. The van der Waals surface area contributed by atoms with Gasteiger partial charge in [-0.15, -0.1) is 12.4 Å². The second-order valence-corrected chi connectivity index (χ2v) is 10.1. The molecule has 0 bridgehead atoms. The molecule has 0 N–H and O–H groups in total. The maximum Gasteiger partial charge on any atom is 0.266 e. The molecule has 0 saturated carbocycles. The lowest BCUT2D eigenvalue weighted by Gasteiger charge is -2.29. The van der Waals surface area contributed by atoms with Crippen LogP contribution in [0.25, 0.3) is 21.5 Å². The summed E-state index contributed by atoms with van der Waals surface area (Å²) in [5.41, 5.74) is 1.99. The Labute approximate surface area is 234 Å². The van der Waals surface area contributed by atoms with Gasteiger partial charge in [-0.1, -0.05) is 57.9 Å². The first-order valence-electron chi connectivity index (χ1n) is 11.4. The van der Waals surface area contributed by atoms with E-state index >= 15 is 0 Å². The Morgan fingerprint density at radius 3 is 2.65 bits per heavy atom. The van der Waals surface area contributed by atoms with Gasteiger partial charge in [0.1, 0.15) is 28.3 Å². The maximum atomic E-state index is 14.2. The number of rotatable bonds is 7. The van der Waals surface area contributed by atoms with Gasteiger partial charge in [0.15, 0.2) is 5.13 Å². The summed E-state index contributed by atoms with van der Waals surface area (Å²) >= 11 is 14.3. The summed E-state index contributed by atoms with van der Waals surface area (Å²) < 4.78 is 17.2. The molecule has 37 heavy (non-hydrogen) atoms. The Morgan fingerprint density at radius 1 is 1.16 bits per heavy atom. The van der Waals surface area contributed by atoms with E-state index in [2.05, 4.69) is 10.1 Å². The summed E-state index contributed by atoms with van der Waals surface area (Å²) in [7, 11) is 1.58. The zero-order chi connectivity index (χ0) is 25.2. The SMILES string of the molecule is COc1ccc(Cl)c2sc(N(CCN3CCOCC3)C(=O)c3c(-c4ccccc4Cl)noc3C)nc12.Cl. The number of fused-ring (bicyclic) bond motifs is 1. The second-order valence-electron chi connectivity index (χ2n) is 8.28.